The van der Waals surface area contributed by atoms with Crippen LogP contribution in [0.25, 0.3) is 11.4 Å². The lowest BCUT2D eigenvalue weighted by Gasteiger charge is -2.46. The van der Waals surface area contributed by atoms with E-state index in [1.807, 2.05) is 44.2 Å². The number of carbonyl (C=O) groups excluding carboxylic acids is 2. The third kappa shape index (κ3) is 4.02. The molecule has 2 aromatic carbocycles. The lowest BCUT2D eigenvalue weighted by Crippen LogP contribution is -2.62. The van der Waals surface area contributed by atoms with Gasteiger partial charge in [-0.3, -0.25) is 4.79 Å². The molecular weight excluding hydrogens is 440 g/mol. The number of halogens is 1. The largest absolute Gasteiger partial charge is 0.337 e. The summed E-state index contributed by atoms with van der Waals surface area (Å²) in [7, 11) is 0. The summed E-state index contributed by atoms with van der Waals surface area (Å²) in [4.78, 5) is 34.8. The molecule has 0 spiro atoms. The van der Waals surface area contributed by atoms with E-state index in [1.54, 1.807) is 17.0 Å². The molecule has 5 rings (SSSR count). The number of amides is 3. The molecular formula is C25H25ClN4O3. The van der Waals surface area contributed by atoms with Gasteiger partial charge in [0.2, 0.25) is 17.6 Å². The van der Waals surface area contributed by atoms with Gasteiger partial charge in [-0.05, 0) is 68.1 Å². The van der Waals surface area contributed by atoms with Crippen molar-refractivity contribution in [3.05, 3.63) is 64.5 Å². The van der Waals surface area contributed by atoms with E-state index in [0.717, 1.165) is 42.4 Å². The van der Waals surface area contributed by atoms with Gasteiger partial charge in [-0.15, -0.1) is 0 Å². The van der Waals surface area contributed by atoms with Gasteiger partial charge in [0.25, 0.3) is 0 Å². The molecule has 0 radical (unpaired) electrons. The Morgan fingerprint density at radius 2 is 1.82 bits per heavy atom. The Bertz CT molecular complexity index is 1210. The number of rotatable bonds is 4. The number of imide groups is 1. The molecule has 1 saturated carbocycles. The summed E-state index contributed by atoms with van der Waals surface area (Å²) < 4.78 is 5.50. The van der Waals surface area contributed by atoms with Gasteiger partial charge in [0, 0.05) is 16.6 Å². The molecule has 0 bridgehead atoms. The maximum absolute atomic E-state index is 13.7. The Morgan fingerprint density at radius 3 is 2.61 bits per heavy atom. The van der Waals surface area contributed by atoms with Crippen molar-refractivity contribution >= 4 is 29.2 Å². The molecule has 2 atom stereocenters. The molecule has 2 heterocycles. The SMILES string of the molecule is Cc1ccc(C)c(N2C(=O)C3CCCCC3N(Cc3nc(-c4ccc(Cl)cc4)no3)C2=O)c1. The van der Waals surface area contributed by atoms with Crippen LogP contribution < -0.4 is 4.90 Å². The van der Waals surface area contributed by atoms with Crippen LogP contribution in [0.2, 0.25) is 5.02 Å². The number of fused-ring (bicyclic) bond motifs is 1. The van der Waals surface area contributed by atoms with Crippen LogP contribution in [0.3, 0.4) is 0 Å². The van der Waals surface area contributed by atoms with Crippen LogP contribution in [0.4, 0.5) is 10.5 Å². The predicted octanol–water partition coefficient (Wildman–Crippen LogP) is 5.53. The molecule has 2 aliphatic rings. The number of aromatic nitrogens is 2. The molecule has 3 amide bonds. The lowest BCUT2D eigenvalue weighted by atomic mass is 9.81. The summed E-state index contributed by atoms with van der Waals surface area (Å²) in [5.74, 6) is 0.443. The Morgan fingerprint density at radius 1 is 1.06 bits per heavy atom. The van der Waals surface area contributed by atoms with Gasteiger partial charge in [0.05, 0.1) is 11.6 Å². The molecule has 1 aliphatic carbocycles. The molecule has 0 N–H and O–H groups in total. The van der Waals surface area contributed by atoms with Crippen molar-refractivity contribution in [2.75, 3.05) is 4.90 Å². The minimum Gasteiger partial charge on any atom is -0.337 e. The fourth-order valence-corrected chi connectivity index (χ4v) is 4.98. The Kier molecular flexibility index (Phi) is 5.66. The molecule has 1 aromatic heterocycles. The second kappa shape index (κ2) is 8.63. The highest BCUT2D eigenvalue weighted by molar-refractivity contribution is 6.30. The van der Waals surface area contributed by atoms with Crippen LogP contribution in [-0.4, -0.2) is 33.0 Å². The number of aryl methyl sites for hydroxylation is 2. The van der Waals surface area contributed by atoms with Gasteiger partial charge in [-0.25, -0.2) is 9.69 Å². The minimum atomic E-state index is -0.330. The second-order valence-electron chi connectivity index (χ2n) is 8.85. The predicted molar refractivity (Wildman–Crippen MR) is 125 cm³/mol. The number of anilines is 1. The molecule has 1 aliphatic heterocycles. The summed E-state index contributed by atoms with van der Waals surface area (Å²) in [6, 6.07) is 12.5. The fraction of sp³-hybridized carbons (Fsp3) is 0.360. The summed E-state index contributed by atoms with van der Waals surface area (Å²) in [6.45, 7) is 4.04. The zero-order valence-corrected chi connectivity index (χ0v) is 19.4. The molecule has 7 nitrogen and oxygen atoms in total. The van der Waals surface area contributed by atoms with Crippen molar-refractivity contribution in [1.82, 2.24) is 15.0 Å². The third-order valence-electron chi connectivity index (χ3n) is 6.59. The first-order valence-corrected chi connectivity index (χ1v) is 11.6. The van der Waals surface area contributed by atoms with Crippen molar-refractivity contribution in [3.63, 3.8) is 0 Å². The average molecular weight is 465 g/mol. The van der Waals surface area contributed by atoms with Crippen molar-refractivity contribution in [2.45, 2.75) is 52.1 Å². The minimum absolute atomic E-state index is 0.109. The van der Waals surface area contributed by atoms with Gasteiger partial charge in [-0.1, -0.05) is 41.7 Å². The maximum Gasteiger partial charge on any atom is 0.332 e. The third-order valence-corrected chi connectivity index (χ3v) is 6.84. The zero-order chi connectivity index (χ0) is 23.1. The van der Waals surface area contributed by atoms with Gasteiger partial charge < -0.3 is 9.42 Å². The Labute approximate surface area is 197 Å². The quantitative estimate of drug-likeness (QED) is 0.506. The van der Waals surface area contributed by atoms with Crippen LogP contribution in [0.5, 0.6) is 0 Å². The zero-order valence-electron chi connectivity index (χ0n) is 18.6. The van der Waals surface area contributed by atoms with E-state index >= 15 is 0 Å². The van der Waals surface area contributed by atoms with Gasteiger partial charge in [-0.2, -0.15) is 4.98 Å². The number of nitrogens with zero attached hydrogens (tertiary/aromatic N) is 4. The summed E-state index contributed by atoms with van der Waals surface area (Å²) in [6.07, 6.45) is 3.54. The molecule has 1 saturated heterocycles. The van der Waals surface area contributed by atoms with E-state index in [9.17, 15) is 9.59 Å². The molecule has 33 heavy (non-hydrogen) atoms. The standard InChI is InChI=1S/C25H25ClN4O3/c1-15-7-8-16(2)21(13-15)30-24(31)19-5-3-4-6-20(19)29(25(30)32)14-22-27-23(28-33-22)17-9-11-18(26)12-10-17/h7-13,19-20H,3-6,14H2,1-2H3. The second-order valence-corrected chi connectivity index (χ2v) is 9.29. The van der Waals surface area contributed by atoms with E-state index in [2.05, 4.69) is 10.1 Å². The van der Waals surface area contributed by atoms with E-state index < -0.39 is 0 Å². The van der Waals surface area contributed by atoms with E-state index in [0.29, 0.717) is 22.4 Å². The number of benzene rings is 2. The molecule has 170 valence electrons. The van der Waals surface area contributed by atoms with Gasteiger partial charge in [0.15, 0.2) is 0 Å². The first kappa shape index (κ1) is 21.6. The van der Waals surface area contributed by atoms with Crippen molar-refractivity contribution in [3.8, 4) is 11.4 Å². The van der Waals surface area contributed by atoms with Crippen LogP contribution >= 0.6 is 11.6 Å². The summed E-state index contributed by atoms with van der Waals surface area (Å²) in [5, 5.41) is 4.71. The number of carbonyl (C=O) groups is 2. The number of urea groups is 1. The molecule has 2 unspecified atom stereocenters. The monoisotopic (exact) mass is 464 g/mol. The normalized spacial score (nSPS) is 20.8. The average Bonchev–Trinajstić information content (AvgIpc) is 3.28. The summed E-state index contributed by atoms with van der Waals surface area (Å²) in [5.41, 5.74) is 3.31. The molecule has 3 aromatic rings. The first-order chi connectivity index (χ1) is 15.9. The van der Waals surface area contributed by atoms with E-state index in [1.165, 1.54) is 4.90 Å². The Hall–Kier alpha value is -3.19. The smallest absolute Gasteiger partial charge is 0.332 e. The Balaban J connectivity index is 1.48. The van der Waals surface area contributed by atoms with E-state index in [-0.39, 0.29) is 30.4 Å². The van der Waals surface area contributed by atoms with Gasteiger partial charge >= 0.3 is 6.03 Å². The molecule has 2 fully saturated rings. The van der Waals surface area contributed by atoms with Crippen molar-refractivity contribution < 1.29 is 14.1 Å². The van der Waals surface area contributed by atoms with Crippen LogP contribution in [0, 0.1) is 19.8 Å². The van der Waals surface area contributed by atoms with E-state index in [4.69, 9.17) is 16.1 Å². The van der Waals surface area contributed by atoms with Crippen LogP contribution in [0.1, 0.15) is 42.7 Å². The highest BCUT2D eigenvalue weighted by Gasteiger charge is 2.48. The van der Waals surface area contributed by atoms with Gasteiger partial charge in [0.1, 0.15) is 6.54 Å². The number of hydrogen-bond acceptors (Lipinski definition) is 5. The van der Waals surface area contributed by atoms with Crippen molar-refractivity contribution in [2.24, 2.45) is 5.92 Å². The first-order valence-electron chi connectivity index (χ1n) is 11.2. The molecule has 8 heteroatoms. The topological polar surface area (TPSA) is 79.5 Å². The van der Waals surface area contributed by atoms with Crippen molar-refractivity contribution in [1.29, 1.82) is 0 Å². The highest BCUT2D eigenvalue weighted by Crippen LogP contribution is 2.38. The maximum atomic E-state index is 13.7. The number of hydrogen-bond donors (Lipinski definition) is 0. The fourth-order valence-electron chi connectivity index (χ4n) is 4.85. The summed E-state index contributed by atoms with van der Waals surface area (Å²) >= 11 is 5.97. The highest BCUT2D eigenvalue weighted by atomic mass is 35.5. The van der Waals surface area contributed by atoms with Crippen LogP contribution in [-0.2, 0) is 11.3 Å². The van der Waals surface area contributed by atoms with Crippen LogP contribution in [0.15, 0.2) is 47.0 Å². The lowest BCUT2D eigenvalue weighted by molar-refractivity contribution is -0.127.